The molecular formula is C23H23IN2O3. The molecule has 0 spiro atoms. The molecule has 0 N–H and O–H groups in total. The number of rotatable bonds is 5. The van der Waals surface area contributed by atoms with Gasteiger partial charge in [0, 0.05) is 15.1 Å². The first-order chi connectivity index (χ1) is 14.1. The molecule has 0 aromatic heterocycles. The number of methoxy groups -OCH3 is 2. The summed E-state index contributed by atoms with van der Waals surface area (Å²) < 4.78 is 12.0. The van der Waals surface area contributed by atoms with Crippen molar-refractivity contribution >= 4 is 34.2 Å². The number of nitrogens with zero attached hydrogens (tertiary/aromatic N) is 2. The van der Waals surface area contributed by atoms with Gasteiger partial charge in [-0.1, -0.05) is 24.3 Å². The average molecular weight is 502 g/mol. The van der Waals surface area contributed by atoms with Gasteiger partial charge in [0.25, 0.3) is 0 Å². The van der Waals surface area contributed by atoms with E-state index < -0.39 is 0 Å². The first-order valence-electron chi connectivity index (χ1n) is 9.62. The molecule has 0 radical (unpaired) electrons. The Hall–Kier alpha value is -2.35. The summed E-state index contributed by atoms with van der Waals surface area (Å²) in [6, 6.07) is 14.0. The molecule has 0 bridgehead atoms. The van der Waals surface area contributed by atoms with Crippen LogP contribution in [-0.2, 0) is 11.3 Å². The third-order valence-corrected chi connectivity index (χ3v) is 6.23. The van der Waals surface area contributed by atoms with Gasteiger partial charge in [-0.05, 0) is 71.3 Å². The fourth-order valence-electron chi connectivity index (χ4n) is 3.98. The summed E-state index contributed by atoms with van der Waals surface area (Å²) in [5.74, 6) is 1.45. The second kappa shape index (κ2) is 8.57. The highest BCUT2D eigenvalue weighted by molar-refractivity contribution is 14.1. The van der Waals surface area contributed by atoms with Crippen molar-refractivity contribution in [3.8, 4) is 11.5 Å². The van der Waals surface area contributed by atoms with E-state index in [1.54, 1.807) is 19.2 Å². The van der Waals surface area contributed by atoms with Crippen LogP contribution in [0.15, 0.2) is 59.7 Å². The lowest BCUT2D eigenvalue weighted by Gasteiger charge is -2.37. The molecule has 6 heteroatoms. The van der Waals surface area contributed by atoms with E-state index >= 15 is 0 Å². The summed E-state index contributed by atoms with van der Waals surface area (Å²) in [6.45, 7) is 0.472. The highest BCUT2D eigenvalue weighted by Crippen LogP contribution is 2.37. The molecule has 0 fully saturated rings. The Bertz CT molecular complexity index is 969. The van der Waals surface area contributed by atoms with Gasteiger partial charge in [-0.2, -0.15) is 5.10 Å². The van der Waals surface area contributed by atoms with Crippen LogP contribution < -0.4 is 9.47 Å². The molecule has 1 amide bonds. The zero-order valence-electron chi connectivity index (χ0n) is 16.5. The number of allylic oxidation sites excluding steroid dienone is 2. The van der Waals surface area contributed by atoms with Crippen molar-refractivity contribution in [2.45, 2.75) is 19.4 Å². The van der Waals surface area contributed by atoms with Crippen LogP contribution in [0.3, 0.4) is 0 Å². The number of carbonyl (C=O) groups excluding carboxylic acids is 1. The van der Waals surface area contributed by atoms with Crippen molar-refractivity contribution in [2.75, 3.05) is 14.2 Å². The number of benzene rings is 2. The SMILES string of the molecule is COc1ccc(C2=NN(Cc3ccc(I)cc3)C(=O)C3CC=CCC23)cc1OC. The summed E-state index contributed by atoms with van der Waals surface area (Å²) in [6.07, 6.45) is 5.83. The van der Waals surface area contributed by atoms with Crippen molar-refractivity contribution < 1.29 is 14.3 Å². The molecule has 1 aliphatic heterocycles. The number of hydrazone groups is 1. The molecule has 2 aromatic carbocycles. The van der Waals surface area contributed by atoms with Gasteiger partial charge in [0.15, 0.2) is 11.5 Å². The van der Waals surface area contributed by atoms with Gasteiger partial charge >= 0.3 is 0 Å². The van der Waals surface area contributed by atoms with E-state index in [1.165, 1.54) is 3.57 Å². The third kappa shape index (κ3) is 4.03. The Balaban J connectivity index is 1.73. The molecule has 1 aliphatic carbocycles. The quantitative estimate of drug-likeness (QED) is 0.443. The summed E-state index contributed by atoms with van der Waals surface area (Å²) >= 11 is 2.28. The molecule has 2 aromatic rings. The van der Waals surface area contributed by atoms with Crippen molar-refractivity contribution in [3.63, 3.8) is 0 Å². The molecule has 0 saturated heterocycles. The predicted molar refractivity (Wildman–Crippen MR) is 121 cm³/mol. The van der Waals surface area contributed by atoms with Crippen LogP contribution in [-0.4, -0.2) is 30.8 Å². The maximum Gasteiger partial charge on any atom is 0.247 e. The van der Waals surface area contributed by atoms with Gasteiger partial charge in [-0.3, -0.25) is 4.79 Å². The third-order valence-electron chi connectivity index (χ3n) is 5.51. The molecule has 0 saturated carbocycles. The molecule has 2 atom stereocenters. The number of carbonyl (C=O) groups is 1. The van der Waals surface area contributed by atoms with Crippen molar-refractivity contribution in [1.82, 2.24) is 5.01 Å². The Morgan fingerprint density at radius 2 is 1.69 bits per heavy atom. The van der Waals surface area contributed by atoms with Crippen LogP contribution in [0.4, 0.5) is 0 Å². The Morgan fingerprint density at radius 1 is 1.00 bits per heavy atom. The minimum absolute atomic E-state index is 0.0792. The number of fused-ring (bicyclic) bond motifs is 1. The van der Waals surface area contributed by atoms with Crippen LogP contribution in [0.5, 0.6) is 11.5 Å². The molecule has 2 unspecified atom stereocenters. The smallest absolute Gasteiger partial charge is 0.247 e. The fourth-order valence-corrected chi connectivity index (χ4v) is 4.34. The molecule has 5 nitrogen and oxygen atoms in total. The monoisotopic (exact) mass is 502 g/mol. The first kappa shape index (κ1) is 19.9. The summed E-state index contributed by atoms with van der Waals surface area (Å²) in [7, 11) is 3.25. The summed E-state index contributed by atoms with van der Waals surface area (Å²) in [4.78, 5) is 13.2. The molecule has 2 aliphatic rings. The Morgan fingerprint density at radius 3 is 2.38 bits per heavy atom. The zero-order chi connectivity index (χ0) is 20.4. The normalized spacial score (nSPS) is 20.9. The van der Waals surface area contributed by atoms with Crippen LogP contribution >= 0.6 is 22.6 Å². The lowest BCUT2D eigenvalue weighted by Crippen LogP contribution is -2.45. The van der Waals surface area contributed by atoms with Crippen LogP contribution in [0.25, 0.3) is 0 Å². The van der Waals surface area contributed by atoms with E-state index in [-0.39, 0.29) is 17.7 Å². The van der Waals surface area contributed by atoms with Crippen LogP contribution in [0.1, 0.15) is 24.0 Å². The number of amides is 1. The standard InChI is InChI=1S/C23H23IN2O3/c1-28-20-12-9-16(13-21(20)29-2)22-18-5-3-4-6-19(18)23(27)26(25-22)14-15-7-10-17(24)11-8-15/h3-4,7-13,18-19H,5-6,14H2,1-2H3. The minimum atomic E-state index is -0.0792. The highest BCUT2D eigenvalue weighted by atomic mass is 127. The summed E-state index contributed by atoms with van der Waals surface area (Å²) in [5, 5.41) is 6.47. The van der Waals surface area contributed by atoms with Gasteiger partial charge < -0.3 is 9.47 Å². The Labute approximate surface area is 184 Å². The molecule has 4 rings (SSSR count). The topological polar surface area (TPSA) is 51.1 Å². The van der Waals surface area contributed by atoms with Gasteiger partial charge in [0.1, 0.15) is 0 Å². The maximum absolute atomic E-state index is 13.2. The summed E-state index contributed by atoms with van der Waals surface area (Å²) in [5.41, 5.74) is 2.97. The van der Waals surface area contributed by atoms with E-state index in [4.69, 9.17) is 14.6 Å². The molecule has 150 valence electrons. The van der Waals surface area contributed by atoms with Gasteiger partial charge in [-0.25, -0.2) is 5.01 Å². The van der Waals surface area contributed by atoms with Gasteiger partial charge in [0.2, 0.25) is 5.91 Å². The molecular weight excluding hydrogens is 479 g/mol. The molecule has 29 heavy (non-hydrogen) atoms. The highest BCUT2D eigenvalue weighted by Gasteiger charge is 2.40. The van der Waals surface area contributed by atoms with Crippen molar-refractivity contribution in [3.05, 3.63) is 69.3 Å². The lowest BCUT2D eigenvalue weighted by atomic mass is 9.76. The van der Waals surface area contributed by atoms with E-state index in [1.807, 2.05) is 30.3 Å². The second-order valence-corrected chi connectivity index (χ2v) is 8.48. The van der Waals surface area contributed by atoms with E-state index in [0.717, 1.165) is 29.7 Å². The molecule has 1 heterocycles. The average Bonchev–Trinajstić information content (AvgIpc) is 2.76. The minimum Gasteiger partial charge on any atom is -0.493 e. The zero-order valence-corrected chi connectivity index (χ0v) is 18.6. The van der Waals surface area contributed by atoms with Crippen molar-refractivity contribution in [2.24, 2.45) is 16.9 Å². The largest absolute Gasteiger partial charge is 0.493 e. The number of hydrogen-bond donors (Lipinski definition) is 0. The van der Waals surface area contributed by atoms with Crippen LogP contribution in [0, 0.1) is 15.4 Å². The van der Waals surface area contributed by atoms with Crippen LogP contribution in [0.2, 0.25) is 0 Å². The predicted octanol–water partition coefficient (Wildman–Crippen LogP) is 4.64. The number of hydrogen-bond acceptors (Lipinski definition) is 4. The van der Waals surface area contributed by atoms with E-state index in [9.17, 15) is 4.79 Å². The van der Waals surface area contributed by atoms with E-state index in [2.05, 4.69) is 46.9 Å². The maximum atomic E-state index is 13.2. The Kier molecular flexibility index (Phi) is 5.89. The lowest BCUT2D eigenvalue weighted by molar-refractivity contribution is -0.138. The first-order valence-corrected chi connectivity index (χ1v) is 10.7. The van der Waals surface area contributed by atoms with Crippen molar-refractivity contribution in [1.29, 1.82) is 0 Å². The fraction of sp³-hybridized carbons (Fsp3) is 0.304. The number of halogens is 1. The second-order valence-electron chi connectivity index (χ2n) is 7.23. The van der Waals surface area contributed by atoms with E-state index in [0.29, 0.717) is 18.0 Å². The number of ether oxygens (including phenoxy) is 2. The van der Waals surface area contributed by atoms with Gasteiger partial charge in [0.05, 0.1) is 32.4 Å². The van der Waals surface area contributed by atoms with Gasteiger partial charge in [-0.15, -0.1) is 0 Å².